The van der Waals surface area contributed by atoms with E-state index < -0.39 is 23.7 Å². The van der Waals surface area contributed by atoms with Gasteiger partial charge in [0.1, 0.15) is 12.6 Å². The van der Waals surface area contributed by atoms with Crippen LogP contribution in [-0.2, 0) is 32.9 Å². The van der Waals surface area contributed by atoms with Gasteiger partial charge in [-0.2, -0.15) is 0 Å². The third-order valence-electron chi connectivity index (χ3n) is 7.96. The Labute approximate surface area is 258 Å². The lowest BCUT2D eigenvalue weighted by Crippen LogP contribution is -2.42. The molecule has 218 valence electrons. The predicted molar refractivity (Wildman–Crippen MR) is 170 cm³/mol. The van der Waals surface area contributed by atoms with E-state index in [0.29, 0.717) is 13.0 Å². The highest BCUT2D eigenvalue weighted by Crippen LogP contribution is 2.52. The maximum atomic E-state index is 14.7. The maximum absolute atomic E-state index is 14.7. The van der Waals surface area contributed by atoms with E-state index in [1.807, 2.05) is 152 Å². The summed E-state index contributed by atoms with van der Waals surface area (Å²) < 4.78 is 12.3. The Morgan fingerprint density at radius 2 is 1.18 bits per heavy atom. The van der Waals surface area contributed by atoms with Crippen molar-refractivity contribution in [2.24, 2.45) is 5.92 Å². The van der Waals surface area contributed by atoms with E-state index in [4.69, 9.17) is 9.47 Å². The first-order valence-corrected chi connectivity index (χ1v) is 14.7. The fourth-order valence-electron chi connectivity index (χ4n) is 5.89. The van der Waals surface area contributed by atoms with Crippen molar-refractivity contribution >= 4 is 12.0 Å². The average molecular weight is 580 g/mol. The predicted octanol–water partition coefficient (Wildman–Crippen LogP) is 8.24. The van der Waals surface area contributed by atoms with Gasteiger partial charge in [-0.15, -0.1) is 0 Å². The van der Waals surface area contributed by atoms with E-state index >= 15 is 0 Å². The zero-order valence-electron chi connectivity index (χ0n) is 24.2. The van der Waals surface area contributed by atoms with E-state index in [1.54, 1.807) is 12.3 Å². The number of carbonyl (C=O) groups excluding carboxylic acids is 2. The first-order chi connectivity index (χ1) is 21.7. The Bertz CT molecular complexity index is 1650. The summed E-state index contributed by atoms with van der Waals surface area (Å²) in [5.74, 6) is -1.05. The van der Waals surface area contributed by atoms with Gasteiger partial charge in [0, 0.05) is 11.1 Å². The second-order valence-electron chi connectivity index (χ2n) is 10.8. The summed E-state index contributed by atoms with van der Waals surface area (Å²) in [5, 5.41) is 0. The lowest BCUT2D eigenvalue weighted by Gasteiger charge is -2.36. The van der Waals surface area contributed by atoms with Gasteiger partial charge in [0.15, 0.2) is 5.60 Å². The van der Waals surface area contributed by atoms with Gasteiger partial charge in [-0.25, -0.2) is 9.69 Å². The fourth-order valence-corrected chi connectivity index (χ4v) is 5.89. The molecule has 0 bridgehead atoms. The lowest BCUT2D eigenvalue weighted by molar-refractivity contribution is -0.132. The molecule has 44 heavy (non-hydrogen) atoms. The molecular weight excluding hydrogens is 546 g/mol. The molecule has 1 aliphatic rings. The van der Waals surface area contributed by atoms with Crippen molar-refractivity contribution in [1.82, 2.24) is 4.90 Å². The zero-order valence-corrected chi connectivity index (χ0v) is 24.2. The van der Waals surface area contributed by atoms with E-state index in [9.17, 15) is 9.59 Å². The number of ether oxygens (including phenoxy) is 2. The first kappa shape index (κ1) is 28.7. The first-order valence-electron chi connectivity index (χ1n) is 14.7. The minimum atomic E-state index is -1.26. The summed E-state index contributed by atoms with van der Waals surface area (Å²) in [4.78, 5) is 30.0. The quantitative estimate of drug-likeness (QED) is 0.156. The summed E-state index contributed by atoms with van der Waals surface area (Å²) >= 11 is 0. The Morgan fingerprint density at radius 1 is 0.705 bits per heavy atom. The molecule has 5 aromatic carbocycles. The number of hydrogen-bond acceptors (Lipinski definition) is 4. The highest BCUT2D eigenvalue weighted by Gasteiger charge is 2.59. The molecule has 1 saturated heterocycles. The average Bonchev–Trinajstić information content (AvgIpc) is 3.41. The number of nitrogens with zero attached hydrogens (tertiary/aromatic N) is 1. The smallest absolute Gasteiger partial charge is 0.418 e. The number of hydrogen-bond donors (Lipinski definition) is 0. The van der Waals surface area contributed by atoms with Crippen molar-refractivity contribution in [2.45, 2.75) is 24.7 Å². The molecule has 0 N–H and O–H groups in total. The number of cyclic esters (lactones) is 1. The molecule has 5 nitrogen and oxygen atoms in total. The lowest BCUT2D eigenvalue weighted by atomic mass is 9.77. The second kappa shape index (κ2) is 13.3. The SMILES string of the molecule is O=C1OC(c2ccccc2)(c2ccccc2)[C@@H](c2ccccc2)N1C(=O)[C@@H](/C=C\OCc1ccccc1)Cc1ccccc1. The van der Waals surface area contributed by atoms with E-state index in [0.717, 1.165) is 27.8 Å². The Hall–Kier alpha value is -5.42. The topological polar surface area (TPSA) is 55.8 Å². The summed E-state index contributed by atoms with van der Waals surface area (Å²) in [5.41, 5.74) is 3.09. The third-order valence-corrected chi connectivity index (χ3v) is 7.96. The van der Waals surface area contributed by atoms with Gasteiger partial charge < -0.3 is 9.47 Å². The number of benzene rings is 5. The van der Waals surface area contributed by atoms with Crippen molar-refractivity contribution < 1.29 is 19.1 Å². The highest BCUT2D eigenvalue weighted by atomic mass is 16.6. The molecule has 0 unspecified atom stereocenters. The molecule has 1 fully saturated rings. The van der Waals surface area contributed by atoms with Gasteiger partial charge in [-0.1, -0.05) is 152 Å². The molecule has 5 aromatic rings. The van der Waals surface area contributed by atoms with Crippen molar-refractivity contribution in [1.29, 1.82) is 0 Å². The van der Waals surface area contributed by atoms with Gasteiger partial charge in [0.2, 0.25) is 5.91 Å². The van der Waals surface area contributed by atoms with E-state index in [2.05, 4.69) is 0 Å². The Kier molecular flexibility index (Phi) is 8.65. The molecule has 1 heterocycles. The van der Waals surface area contributed by atoms with E-state index in [1.165, 1.54) is 4.90 Å². The van der Waals surface area contributed by atoms with Gasteiger partial charge in [0.25, 0.3) is 0 Å². The van der Waals surface area contributed by atoms with Crippen molar-refractivity contribution in [3.05, 3.63) is 192 Å². The van der Waals surface area contributed by atoms with Crippen LogP contribution in [-0.4, -0.2) is 16.9 Å². The molecule has 0 radical (unpaired) electrons. The van der Waals surface area contributed by atoms with Crippen LogP contribution in [0.4, 0.5) is 4.79 Å². The van der Waals surface area contributed by atoms with Crippen molar-refractivity contribution in [3.63, 3.8) is 0 Å². The third kappa shape index (κ3) is 5.90. The van der Waals surface area contributed by atoms with Crippen LogP contribution in [0, 0.1) is 5.92 Å². The van der Waals surface area contributed by atoms with Gasteiger partial charge in [-0.05, 0) is 29.2 Å². The molecule has 6 rings (SSSR count). The molecule has 5 heteroatoms. The summed E-state index contributed by atoms with van der Waals surface area (Å²) in [6.07, 6.45) is 3.02. The van der Waals surface area contributed by atoms with Crippen LogP contribution < -0.4 is 0 Å². The minimum Gasteiger partial charge on any atom is -0.497 e. The molecular formula is C39H33NO4. The monoisotopic (exact) mass is 579 g/mol. The van der Waals surface area contributed by atoms with Crippen LogP contribution in [0.25, 0.3) is 0 Å². The Balaban J connectivity index is 1.42. The highest BCUT2D eigenvalue weighted by molar-refractivity contribution is 5.97. The summed E-state index contributed by atoms with van der Waals surface area (Å²) in [6.45, 7) is 0.368. The van der Waals surface area contributed by atoms with Crippen LogP contribution in [0.15, 0.2) is 164 Å². The van der Waals surface area contributed by atoms with Crippen molar-refractivity contribution in [2.75, 3.05) is 0 Å². The summed E-state index contributed by atoms with van der Waals surface area (Å²) in [6, 6.07) is 47.8. The number of rotatable bonds is 10. The molecule has 0 saturated carbocycles. The number of imide groups is 1. The van der Waals surface area contributed by atoms with Crippen LogP contribution in [0.2, 0.25) is 0 Å². The normalized spacial score (nSPS) is 16.4. The largest absolute Gasteiger partial charge is 0.497 e. The molecule has 1 aliphatic heterocycles. The molecule has 2 atom stereocenters. The van der Waals surface area contributed by atoms with Crippen LogP contribution in [0.5, 0.6) is 0 Å². The van der Waals surface area contributed by atoms with Gasteiger partial charge in [0.05, 0.1) is 12.2 Å². The van der Waals surface area contributed by atoms with Crippen LogP contribution >= 0.6 is 0 Å². The van der Waals surface area contributed by atoms with Gasteiger partial charge >= 0.3 is 6.09 Å². The second-order valence-corrected chi connectivity index (χ2v) is 10.8. The number of carbonyl (C=O) groups is 2. The molecule has 0 aliphatic carbocycles. The maximum Gasteiger partial charge on any atom is 0.418 e. The summed E-state index contributed by atoms with van der Waals surface area (Å²) in [7, 11) is 0. The molecule has 0 spiro atoms. The fraction of sp³-hybridized carbons (Fsp3) is 0.128. The molecule has 2 amide bonds. The Morgan fingerprint density at radius 3 is 1.73 bits per heavy atom. The van der Waals surface area contributed by atoms with Crippen LogP contribution in [0.3, 0.4) is 0 Å². The van der Waals surface area contributed by atoms with Crippen molar-refractivity contribution in [3.8, 4) is 0 Å². The number of amides is 2. The van der Waals surface area contributed by atoms with Crippen LogP contribution in [0.1, 0.15) is 33.9 Å². The van der Waals surface area contributed by atoms with Gasteiger partial charge in [-0.3, -0.25) is 4.79 Å². The molecule has 0 aromatic heterocycles. The van der Waals surface area contributed by atoms with E-state index in [-0.39, 0.29) is 5.91 Å². The zero-order chi connectivity index (χ0) is 30.2. The minimum absolute atomic E-state index is 0.360. The standard InChI is InChI=1S/C39H33NO4/c41-37(33(28-30-16-6-1-7-17-30)26-27-43-29-31-18-8-2-9-19-31)40-36(32-20-10-3-11-21-32)39(44-38(40)42,34-22-12-4-13-23-34)35-24-14-5-15-25-35/h1-27,33,36H,28-29H2/b27-26-/t33-,36+/m0/s1.